The van der Waals surface area contributed by atoms with Crippen molar-refractivity contribution in [3.8, 4) is 0 Å². The first-order chi connectivity index (χ1) is 3.81. The van der Waals surface area contributed by atoms with Gasteiger partial charge in [-0.15, -0.1) is 6.58 Å². The maximum Gasteiger partial charge on any atom is 0.235 e. The molecule has 8 heavy (non-hydrogen) atoms. The lowest BCUT2D eigenvalue weighted by molar-refractivity contribution is 0.514. The molecule has 0 saturated carbocycles. The van der Waals surface area contributed by atoms with Gasteiger partial charge in [0.1, 0.15) is 0 Å². The summed E-state index contributed by atoms with van der Waals surface area (Å²) in [6.45, 7) is 6.97. The lowest BCUT2D eigenvalue weighted by Gasteiger charge is -1.95. The van der Waals surface area contributed by atoms with Crippen molar-refractivity contribution in [2.75, 3.05) is 0 Å². The molecule has 0 radical (unpaired) electrons. The zero-order valence-corrected chi connectivity index (χ0v) is 5.89. The lowest BCUT2D eigenvalue weighted by Crippen LogP contribution is -1.99. The fourth-order valence-electron chi connectivity index (χ4n) is 0.327. The predicted octanol–water partition coefficient (Wildman–Crippen LogP) is 1.34. The van der Waals surface area contributed by atoms with Gasteiger partial charge in [-0.25, -0.2) is 0 Å². The molecule has 0 heterocycles. The van der Waals surface area contributed by atoms with Gasteiger partial charge in [0.15, 0.2) is 0 Å². The number of rotatable bonds is 4. The van der Waals surface area contributed by atoms with Crippen LogP contribution in [-0.4, -0.2) is 14.8 Å². The average Bonchev–Trinajstić information content (AvgIpc) is 1.68. The summed E-state index contributed by atoms with van der Waals surface area (Å²) in [5.74, 6) is 0. The molecule has 0 amide bonds. The van der Waals surface area contributed by atoms with E-state index in [9.17, 15) is 0 Å². The van der Waals surface area contributed by atoms with E-state index in [4.69, 9.17) is 4.43 Å². The lowest BCUT2D eigenvalue weighted by atomic mass is 10.8. The summed E-state index contributed by atoms with van der Waals surface area (Å²) in [4.78, 5) is 0. The third-order valence-electron chi connectivity index (χ3n) is 0.622. The molecular formula is C6H10OSi. The molecule has 0 bridgehead atoms. The van der Waals surface area contributed by atoms with E-state index < -0.39 is 8.65 Å². The highest BCUT2D eigenvalue weighted by Crippen LogP contribution is 1.83. The van der Waals surface area contributed by atoms with Crippen LogP contribution in [0, 0.1) is 0 Å². The van der Waals surface area contributed by atoms with Crippen molar-refractivity contribution < 1.29 is 4.43 Å². The van der Waals surface area contributed by atoms with Gasteiger partial charge < -0.3 is 4.43 Å². The van der Waals surface area contributed by atoms with Crippen molar-refractivity contribution in [3.05, 3.63) is 25.5 Å². The van der Waals surface area contributed by atoms with E-state index in [0.717, 1.165) is 6.04 Å². The molecule has 44 valence electrons. The summed E-state index contributed by atoms with van der Waals surface area (Å²) < 4.78 is 4.97. The molecule has 0 N–H and O–H groups in total. The van der Waals surface area contributed by atoms with E-state index in [0.29, 0.717) is 0 Å². The molecule has 0 saturated heterocycles. The Kier molecular flexibility index (Phi) is 4.17. The molecule has 0 aromatic carbocycles. The molecule has 0 aromatic rings. The van der Waals surface area contributed by atoms with Crippen LogP contribution < -0.4 is 0 Å². The summed E-state index contributed by atoms with van der Waals surface area (Å²) in [6.07, 6.45) is 7.00. The van der Waals surface area contributed by atoms with E-state index in [-0.39, 0.29) is 0 Å². The van der Waals surface area contributed by atoms with Gasteiger partial charge >= 0.3 is 0 Å². The Morgan fingerprint density at radius 1 is 1.50 bits per heavy atom. The van der Waals surface area contributed by atoms with Crippen LogP contribution >= 0.6 is 0 Å². The van der Waals surface area contributed by atoms with Crippen molar-refractivity contribution in [1.29, 1.82) is 0 Å². The normalized spacial score (nSPS) is 7.50. The molecule has 1 nitrogen and oxygen atoms in total. The third kappa shape index (κ3) is 3.55. The maximum atomic E-state index is 4.97. The van der Waals surface area contributed by atoms with Crippen molar-refractivity contribution >= 4 is 14.8 Å². The Balaban J connectivity index is 3.32. The van der Waals surface area contributed by atoms with Gasteiger partial charge in [-0.05, 0) is 0 Å². The second-order valence-corrected chi connectivity index (χ2v) is 3.04. The van der Waals surface area contributed by atoms with E-state index in [1.807, 2.05) is 6.08 Å². The maximum absolute atomic E-state index is 4.97. The quantitative estimate of drug-likeness (QED) is 0.314. The van der Waals surface area contributed by atoms with Crippen molar-refractivity contribution in [3.63, 3.8) is 0 Å². The van der Waals surface area contributed by atoms with Crippen LogP contribution in [0.1, 0.15) is 0 Å². The molecular weight excluding hydrogens is 116 g/mol. The minimum atomic E-state index is -0.878. The Morgan fingerprint density at radius 3 is 2.50 bits per heavy atom. The molecule has 0 atom stereocenters. The van der Waals surface area contributed by atoms with Gasteiger partial charge in [-0.1, -0.05) is 18.8 Å². The first kappa shape index (κ1) is 7.37. The second-order valence-electron chi connectivity index (χ2n) is 1.32. The Morgan fingerprint density at radius 2 is 2.12 bits per heavy atom. The van der Waals surface area contributed by atoms with Crippen molar-refractivity contribution in [1.82, 2.24) is 0 Å². The first-order valence-corrected chi connectivity index (χ1v) is 4.19. The zero-order chi connectivity index (χ0) is 6.41. The fourth-order valence-corrected chi connectivity index (χ4v) is 0.981. The molecule has 0 unspecified atom stereocenters. The van der Waals surface area contributed by atoms with Crippen LogP contribution in [0.15, 0.2) is 25.5 Å². The molecule has 0 aliphatic heterocycles. The monoisotopic (exact) mass is 126 g/mol. The molecule has 0 aliphatic carbocycles. The zero-order valence-electron chi connectivity index (χ0n) is 4.89. The van der Waals surface area contributed by atoms with Crippen LogP contribution in [0.25, 0.3) is 0 Å². The SMILES string of the molecule is C=CC[Si](=C)OC=C. The molecule has 0 fully saturated rings. The predicted molar refractivity (Wildman–Crippen MR) is 39.2 cm³/mol. The van der Waals surface area contributed by atoms with Gasteiger partial charge in [0.25, 0.3) is 0 Å². The minimum absolute atomic E-state index is 0.872. The van der Waals surface area contributed by atoms with E-state index in [1.165, 1.54) is 6.26 Å². The summed E-state index contributed by atoms with van der Waals surface area (Å²) in [6, 6.07) is 0.872. The van der Waals surface area contributed by atoms with Crippen molar-refractivity contribution in [2.24, 2.45) is 0 Å². The number of hydrogen-bond acceptors (Lipinski definition) is 1. The Labute approximate surface area is 51.6 Å². The minimum Gasteiger partial charge on any atom is -0.524 e. The Hall–Kier alpha value is -0.633. The van der Waals surface area contributed by atoms with Crippen LogP contribution in [-0.2, 0) is 4.43 Å². The summed E-state index contributed by atoms with van der Waals surface area (Å²) in [5.41, 5.74) is 0. The summed E-state index contributed by atoms with van der Waals surface area (Å²) in [7, 11) is -0.878. The van der Waals surface area contributed by atoms with Gasteiger partial charge in [-0.3, -0.25) is 0 Å². The molecule has 0 rings (SSSR count). The molecule has 2 heteroatoms. The largest absolute Gasteiger partial charge is 0.524 e. The molecule has 0 aromatic heterocycles. The van der Waals surface area contributed by atoms with Crippen LogP contribution in [0.3, 0.4) is 0 Å². The average molecular weight is 126 g/mol. The first-order valence-electron chi connectivity index (χ1n) is 2.37. The highest BCUT2D eigenvalue weighted by Gasteiger charge is 1.86. The molecule has 0 spiro atoms. The number of hydrogen-bond donors (Lipinski definition) is 0. The molecule has 0 aliphatic rings. The smallest absolute Gasteiger partial charge is 0.235 e. The van der Waals surface area contributed by atoms with Crippen LogP contribution in [0.5, 0.6) is 0 Å². The van der Waals surface area contributed by atoms with Gasteiger partial charge in [0, 0.05) is 6.04 Å². The van der Waals surface area contributed by atoms with E-state index >= 15 is 0 Å². The van der Waals surface area contributed by atoms with Crippen LogP contribution in [0.2, 0.25) is 6.04 Å². The fraction of sp³-hybridized carbons (Fsp3) is 0.167. The van der Waals surface area contributed by atoms with E-state index in [1.54, 1.807) is 0 Å². The summed E-state index contributed by atoms with van der Waals surface area (Å²) >= 11 is 0. The van der Waals surface area contributed by atoms with Gasteiger partial charge in [-0.2, -0.15) is 0 Å². The standard InChI is InChI=1S/C6H10OSi/c1-4-6-8(3)7-5-2/h4-5H,1-3,6H2. The number of allylic oxidation sites excluding steroid dienone is 1. The highest BCUT2D eigenvalue weighted by molar-refractivity contribution is 6.56. The highest BCUT2D eigenvalue weighted by atomic mass is 28.3. The van der Waals surface area contributed by atoms with Gasteiger partial charge in [0.2, 0.25) is 8.65 Å². The van der Waals surface area contributed by atoms with E-state index in [2.05, 4.69) is 19.3 Å². The second kappa shape index (κ2) is 4.52. The Bertz CT molecular complexity index is 95.1. The van der Waals surface area contributed by atoms with Crippen molar-refractivity contribution in [2.45, 2.75) is 6.04 Å². The topological polar surface area (TPSA) is 9.23 Å². The van der Waals surface area contributed by atoms with Gasteiger partial charge in [0.05, 0.1) is 6.26 Å². The van der Waals surface area contributed by atoms with Crippen LogP contribution in [0.4, 0.5) is 0 Å². The third-order valence-corrected chi connectivity index (χ3v) is 1.87. The summed E-state index contributed by atoms with van der Waals surface area (Å²) in [5, 5.41) is 0.